The Kier molecular flexibility index (Phi) is 3.03. The summed E-state index contributed by atoms with van der Waals surface area (Å²) in [5.74, 6) is 1.07. The zero-order chi connectivity index (χ0) is 12.4. The topological polar surface area (TPSA) is 21.3 Å². The Morgan fingerprint density at radius 2 is 2.06 bits per heavy atom. The molecule has 0 fully saturated rings. The first-order valence-corrected chi connectivity index (χ1v) is 6.37. The molecule has 18 heavy (non-hydrogen) atoms. The maximum Gasteiger partial charge on any atom is 0.130 e. The van der Waals surface area contributed by atoms with Crippen molar-refractivity contribution in [3.63, 3.8) is 0 Å². The van der Waals surface area contributed by atoms with E-state index in [9.17, 15) is 0 Å². The summed E-state index contributed by atoms with van der Waals surface area (Å²) in [5, 5.41) is 3.18. The summed E-state index contributed by atoms with van der Waals surface area (Å²) in [7, 11) is 1.97. The molecule has 0 aromatic heterocycles. The average Bonchev–Trinajstić information content (AvgIpc) is 2.87. The van der Waals surface area contributed by atoms with Crippen molar-refractivity contribution in [1.29, 1.82) is 0 Å². The standard InChI is InChI=1S/C16H17NO/c1-17-11-12-4-2-6-14(10-12)15-7-3-5-13-8-9-18-16(13)15/h2-7,10,17H,8-9,11H2,1H3. The van der Waals surface area contributed by atoms with E-state index in [1.54, 1.807) is 0 Å². The van der Waals surface area contributed by atoms with Gasteiger partial charge in [-0.05, 0) is 29.8 Å². The van der Waals surface area contributed by atoms with Crippen molar-refractivity contribution in [1.82, 2.24) is 5.32 Å². The van der Waals surface area contributed by atoms with Gasteiger partial charge in [0.15, 0.2) is 0 Å². The summed E-state index contributed by atoms with van der Waals surface area (Å²) >= 11 is 0. The number of ether oxygens (including phenoxy) is 1. The second-order valence-corrected chi connectivity index (χ2v) is 4.62. The monoisotopic (exact) mass is 239 g/mol. The number of fused-ring (bicyclic) bond motifs is 1. The second kappa shape index (κ2) is 4.83. The molecule has 0 bridgehead atoms. The summed E-state index contributed by atoms with van der Waals surface area (Å²) in [5.41, 5.74) is 5.07. The maximum atomic E-state index is 5.77. The minimum Gasteiger partial charge on any atom is -0.492 e. The van der Waals surface area contributed by atoms with Gasteiger partial charge in [0.2, 0.25) is 0 Å². The predicted molar refractivity (Wildman–Crippen MR) is 73.8 cm³/mol. The zero-order valence-corrected chi connectivity index (χ0v) is 10.6. The molecule has 0 spiro atoms. The summed E-state index contributed by atoms with van der Waals surface area (Å²) in [4.78, 5) is 0. The Bertz CT molecular complexity index is 563. The first-order chi connectivity index (χ1) is 8.88. The van der Waals surface area contributed by atoms with Crippen LogP contribution in [0.4, 0.5) is 0 Å². The van der Waals surface area contributed by atoms with Gasteiger partial charge in [0.1, 0.15) is 5.75 Å². The van der Waals surface area contributed by atoms with Gasteiger partial charge in [-0.15, -0.1) is 0 Å². The Morgan fingerprint density at radius 3 is 2.94 bits per heavy atom. The fourth-order valence-electron chi connectivity index (χ4n) is 2.50. The fourth-order valence-corrected chi connectivity index (χ4v) is 2.50. The van der Waals surface area contributed by atoms with E-state index in [4.69, 9.17) is 4.74 Å². The fraction of sp³-hybridized carbons (Fsp3) is 0.250. The number of nitrogens with one attached hydrogen (secondary N) is 1. The third-order valence-electron chi connectivity index (χ3n) is 3.33. The van der Waals surface area contributed by atoms with Crippen molar-refractivity contribution in [2.45, 2.75) is 13.0 Å². The molecule has 0 amide bonds. The van der Waals surface area contributed by atoms with E-state index in [-0.39, 0.29) is 0 Å². The molecule has 0 atom stereocenters. The van der Waals surface area contributed by atoms with Gasteiger partial charge in [0.05, 0.1) is 6.61 Å². The third kappa shape index (κ3) is 2.00. The Labute approximate surface area is 108 Å². The van der Waals surface area contributed by atoms with E-state index in [1.165, 1.54) is 22.3 Å². The average molecular weight is 239 g/mol. The van der Waals surface area contributed by atoms with Crippen LogP contribution in [-0.4, -0.2) is 13.7 Å². The van der Waals surface area contributed by atoms with E-state index in [0.29, 0.717) is 0 Å². The van der Waals surface area contributed by atoms with Crippen LogP contribution >= 0.6 is 0 Å². The first-order valence-electron chi connectivity index (χ1n) is 6.37. The molecule has 0 unspecified atom stereocenters. The minimum atomic E-state index is 0.808. The highest BCUT2D eigenvalue weighted by Crippen LogP contribution is 2.36. The smallest absolute Gasteiger partial charge is 0.130 e. The van der Waals surface area contributed by atoms with Crippen molar-refractivity contribution in [2.24, 2.45) is 0 Å². The molecule has 0 radical (unpaired) electrons. The number of hydrogen-bond donors (Lipinski definition) is 1. The maximum absolute atomic E-state index is 5.77. The van der Waals surface area contributed by atoms with Crippen LogP contribution in [0.5, 0.6) is 5.75 Å². The summed E-state index contributed by atoms with van der Waals surface area (Å²) in [6.07, 6.45) is 1.03. The minimum absolute atomic E-state index is 0.808. The summed E-state index contributed by atoms with van der Waals surface area (Å²) < 4.78 is 5.77. The predicted octanol–water partition coefficient (Wildman–Crippen LogP) is 3.01. The number of hydrogen-bond acceptors (Lipinski definition) is 2. The molecule has 3 rings (SSSR count). The van der Waals surface area contributed by atoms with Crippen LogP contribution in [0.1, 0.15) is 11.1 Å². The van der Waals surface area contributed by atoms with E-state index in [2.05, 4.69) is 47.8 Å². The molecule has 2 heteroatoms. The van der Waals surface area contributed by atoms with Crippen LogP contribution in [0.2, 0.25) is 0 Å². The normalized spacial score (nSPS) is 13.2. The van der Waals surface area contributed by atoms with Gasteiger partial charge in [-0.2, -0.15) is 0 Å². The molecule has 0 saturated heterocycles. The van der Waals surface area contributed by atoms with Crippen LogP contribution in [0.15, 0.2) is 42.5 Å². The van der Waals surface area contributed by atoms with Crippen molar-refractivity contribution < 1.29 is 4.74 Å². The molecule has 1 aliphatic rings. The van der Waals surface area contributed by atoms with E-state index >= 15 is 0 Å². The zero-order valence-electron chi connectivity index (χ0n) is 10.6. The van der Waals surface area contributed by atoms with Crippen molar-refractivity contribution in [3.05, 3.63) is 53.6 Å². The van der Waals surface area contributed by atoms with Crippen molar-refractivity contribution in [2.75, 3.05) is 13.7 Å². The largest absolute Gasteiger partial charge is 0.492 e. The van der Waals surface area contributed by atoms with Crippen molar-refractivity contribution >= 4 is 0 Å². The third-order valence-corrected chi connectivity index (χ3v) is 3.33. The highest BCUT2D eigenvalue weighted by molar-refractivity contribution is 5.73. The molecule has 1 heterocycles. The van der Waals surface area contributed by atoms with Gasteiger partial charge < -0.3 is 10.1 Å². The second-order valence-electron chi connectivity index (χ2n) is 4.62. The van der Waals surface area contributed by atoms with Crippen LogP contribution in [0.3, 0.4) is 0 Å². The molecule has 0 aliphatic carbocycles. The molecule has 1 aliphatic heterocycles. The lowest BCUT2D eigenvalue weighted by molar-refractivity contribution is 0.358. The molecule has 2 nitrogen and oxygen atoms in total. The van der Waals surface area contributed by atoms with Crippen LogP contribution in [0.25, 0.3) is 11.1 Å². The SMILES string of the molecule is CNCc1cccc(-c2cccc3c2OCC3)c1. The summed E-state index contributed by atoms with van der Waals surface area (Å²) in [6, 6.07) is 15.0. The molecule has 0 saturated carbocycles. The lowest BCUT2D eigenvalue weighted by Crippen LogP contribution is -2.04. The van der Waals surface area contributed by atoms with Gasteiger partial charge in [0, 0.05) is 18.5 Å². The van der Waals surface area contributed by atoms with Gasteiger partial charge in [-0.3, -0.25) is 0 Å². The molecule has 2 aromatic carbocycles. The Balaban J connectivity index is 2.05. The van der Waals surface area contributed by atoms with E-state index in [0.717, 1.165) is 25.3 Å². The van der Waals surface area contributed by atoms with Gasteiger partial charge >= 0.3 is 0 Å². The molecular weight excluding hydrogens is 222 g/mol. The highest BCUT2D eigenvalue weighted by Gasteiger charge is 2.16. The van der Waals surface area contributed by atoms with Gasteiger partial charge in [-0.25, -0.2) is 0 Å². The lowest BCUT2D eigenvalue weighted by Gasteiger charge is -2.09. The Morgan fingerprint density at radius 1 is 1.17 bits per heavy atom. The summed E-state index contributed by atoms with van der Waals surface area (Å²) in [6.45, 7) is 1.70. The number of rotatable bonds is 3. The highest BCUT2D eigenvalue weighted by atomic mass is 16.5. The van der Waals surface area contributed by atoms with Crippen LogP contribution in [0, 0.1) is 0 Å². The van der Waals surface area contributed by atoms with E-state index < -0.39 is 0 Å². The quantitative estimate of drug-likeness (QED) is 0.889. The van der Waals surface area contributed by atoms with Gasteiger partial charge in [-0.1, -0.05) is 36.4 Å². The van der Waals surface area contributed by atoms with Crippen LogP contribution in [-0.2, 0) is 13.0 Å². The molecule has 92 valence electrons. The molecule has 1 N–H and O–H groups in total. The number of benzene rings is 2. The molecular formula is C16H17NO. The molecule has 2 aromatic rings. The lowest BCUT2D eigenvalue weighted by atomic mass is 9.99. The van der Waals surface area contributed by atoms with Crippen molar-refractivity contribution in [3.8, 4) is 16.9 Å². The Hall–Kier alpha value is -1.80. The van der Waals surface area contributed by atoms with Gasteiger partial charge in [0.25, 0.3) is 0 Å². The number of para-hydroxylation sites is 1. The first kappa shape index (κ1) is 11.3. The van der Waals surface area contributed by atoms with E-state index in [1.807, 2.05) is 7.05 Å². The van der Waals surface area contributed by atoms with Crippen LogP contribution < -0.4 is 10.1 Å².